The molecule has 0 spiro atoms. The van der Waals surface area contributed by atoms with E-state index in [0.717, 1.165) is 25.7 Å². The van der Waals surface area contributed by atoms with E-state index in [-0.39, 0.29) is 11.8 Å². The van der Waals surface area contributed by atoms with Crippen LogP contribution >= 0.6 is 0 Å². The molecule has 4 heteroatoms. The molecule has 0 saturated carbocycles. The Bertz CT molecular complexity index is 279. The summed E-state index contributed by atoms with van der Waals surface area (Å²) in [5.74, 6) is -0.996. The Hall–Kier alpha value is -1.06. The molecule has 0 aliphatic rings. The fourth-order valence-electron chi connectivity index (χ4n) is 2.53. The van der Waals surface area contributed by atoms with Crippen LogP contribution in [-0.4, -0.2) is 23.5 Å². The Morgan fingerprint density at radius 2 is 1.43 bits per heavy atom. The van der Waals surface area contributed by atoms with Crippen LogP contribution in [0.1, 0.15) is 84.5 Å². The van der Waals surface area contributed by atoms with Crippen LogP contribution in [0.15, 0.2) is 0 Å². The lowest BCUT2D eigenvalue weighted by Gasteiger charge is -2.12. The van der Waals surface area contributed by atoms with E-state index in [2.05, 4.69) is 12.2 Å². The predicted octanol–water partition coefficient (Wildman–Crippen LogP) is 4.13. The van der Waals surface area contributed by atoms with Gasteiger partial charge in [-0.3, -0.25) is 9.59 Å². The number of carboxylic acids is 1. The van der Waals surface area contributed by atoms with Gasteiger partial charge in [-0.25, -0.2) is 0 Å². The molecule has 4 nitrogen and oxygen atoms in total. The summed E-state index contributed by atoms with van der Waals surface area (Å²) in [6.07, 6.45) is 12.1. The SMILES string of the molecule is CCCCCCCCCCC(CCCNC(C)=O)C(=O)O. The zero-order valence-electron chi connectivity index (χ0n) is 13.8. The highest BCUT2D eigenvalue weighted by Gasteiger charge is 2.16. The third-order valence-corrected chi connectivity index (χ3v) is 3.86. The largest absolute Gasteiger partial charge is 0.481 e. The monoisotopic (exact) mass is 299 g/mol. The fourth-order valence-corrected chi connectivity index (χ4v) is 2.53. The summed E-state index contributed by atoms with van der Waals surface area (Å²) in [5, 5.41) is 11.9. The average molecular weight is 299 g/mol. The molecule has 21 heavy (non-hydrogen) atoms. The van der Waals surface area contributed by atoms with Gasteiger partial charge in [-0.15, -0.1) is 0 Å². The Kier molecular flexibility index (Phi) is 13.2. The molecule has 2 N–H and O–H groups in total. The number of hydrogen-bond acceptors (Lipinski definition) is 2. The minimum atomic E-state index is -0.694. The molecule has 0 radical (unpaired) electrons. The third kappa shape index (κ3) is 13.7. The lowest BCUT2D eigenvalue weighted by molar-refractivity contribution is -0.142. The Labute approximate surface area is 129 Å². The highest BCUT2D eigenvalue weighted by molar-refractivity contribution is 5.72. The van der Waals surface area contributed by atoms with Gasteiger partial charge in [0.15, 0.2) is 0 Å². The van der Waals surface area contributed by atoms with E-state index in [1.165, 1.54) is 45.4 Å². The first kappa shape index (κ1) is 19.9. The van der Waals surface area contributed by atoms with Crippen LogP contribution in [0.2, 0.25) is 0 Å². The second-order valence-electron chi connectivity index (χ2n) is 5.92. The van der Waals surface area contributed by atoms with Crippen molar-refractivity contribution < 1.29 is 14.7 Å². The van der Waals surface area contributed by atoms with Crippen LogP contribution in [0.5, 0.6) is 0 Å². The maximum atomic E-state index is 11.2. The number of unbranched alkanes of at least 4 members (excludes halogenated alkanes) is 7. The topological polar surface area (TPSA) is 66.4 Å². The smallest absolute Gasteiger partial charge is 0.306 e. The summed E-state index contributed by atoms with van der Waals surface area (Å²) < 4.78 is 0. The predicted molar refractivity (Wildman–Crippen MR) is 86.3 cm³/mol. The van der Waals surface area contributed by atoms with E-state index in [1.54, 1.807) is 0 Å². The van der Waals surface area contributed by atoms with E-state index >= 15 is 0 Å². The van der Waals surface area contributed by atoms with Gasteiger partial charge in [0.05, 0.1) is 5.92 Å². The van der Waals surface area contributed by atoms with Gasteiger partial charge >= 0.3 is 5.97 Å². The number of carboxylic acid groups (broad SMARTS) is 1. The first-order valence-electron chi connectivity index (χ1n) is 8.55. The Morgan fingerprint density at radius 1 is 0.905 bits per heavy atom. The fraction of sp³-hybridized carbons (Fsp3) is 0.882. The summed E-state index contributed by atoms with van der Waals surface area (Å²) in [6.45, 7) is 4.28. The standard InChI is InChI=1S/C17H33NO3/c1-3-4-5-6-7-8-9-10-12-16(17(20)21)13-11-14-18-15(2)19/h16H,3-14H2,1-2H3,(H,18,19)(H,20,21). The van der Waals surface area contributed by atoms with Gasteiger partial charge in [0.25, 0.3) is 0 Å². The molecule has 0 saturated heterocycles. The van der Waals surface area contributed by atoms with Gasteiger partial charge in [-0.2, -0.15) is 0 Å². The van der Waals surface area contributed by atoms with E-state index in [0.29, 0.717) is 13.0 Å². The highest BCUT2D eigenvalue weighted by Crippen LogP contribution is 2.17. The van der Waals surface area contributed by atoms with Crippen molar-refractivity contribution in [2.24, 2.45) is 5.92 Å². The van der Waals surface area contributed by atoms with Crippen molar-refractivity contribution in [2.45, 2.75) is 84.5 Å². The van der Waals surface area contributed by atoms with Crippen molar-refractivity contribution in [2.75, 3.05) is 6.54 Å². The third-order valence-electron chi connectivity index (χ3n) is 3.86. The van der Waals surface area contributed by atoms with E-state index in [9.17, 15) is 14.7 Å². The molecule has 0 aliphatic heterocycles. The van der Waals surface area contributed by atoms with Crippen LogP contribution in [-0.2, 0) is 9.59 Å². The van der Waals surface area contributed by atoms with Crippen LogP contribution in [0, 0.1) is 5.92 Å². The van der Waals surface area contributed by atoms with Crippen LogP contribution in [0.3, 0.4) is 0 Å². The first-order valence-corrected chi connectivity index (χ1v) is 8.55. The minimum absolute atomic E-state index is 0.0510. The number of aliphatic carboxylic acids is 1. The number of carbonyl (C=O) groups excluding carboxylic acids is 1. The second-order valence-corrected chi connectivity index (χ2v) is 5.92. The molecular formula is C17H33NO3. The summed E-state index contributed by atoms with van der Waals surface area (Å²) in [6, 6.07) is 0. The minimum Gasteiger partial charge on any atom is -0.481 e. The molecule has 1 unspecified atom stereocenters. The van der Waals surface area contributed by atoms with Crippen molar-refractivity contribution >= 4 is 11.9 Å². The molecular weight excluding hydrogens is 266 g/mol. The van der Waals surface area contributed by atoms with E-state index in [4.69, 9.17) is 0 Å². The maximum Gasteiger partial charge on any atom is 0.306 e. The number of hydrogen-bond donors (Lipinski definition) is 2. The molecule has 0 rings (SSSR count). The summed E-state index contributed by atoms with van der Waals surface area (Å²) in [4.78, 5) is 21.9. The summed E-state index contributed by atoms with van der Waals surface area (Å²) >= 11 is 0. The van der Waals surface area contributed by atoms with Crippen molar-refractivity contribution in [3.05, 3.63) is 0 Å². The normalized spacial score (nSPS) is 12.1. The van der Waals surface area contributed by atoms with Crippen LogP contribution < -0.4 is 5.32 Å². The van der Waals surface area contributed by atoms with Gasteiger partial charge in [-0.05, 0) is 19.3 Å². The molecule has 0 aromatic carbocycles. The molecule has 0 aromatic rings. The van der Waals surface area contributed by atoms with Crippen molar-refractivity contribution in [3.8, 4) is 0 Å². The Morgan fingerprint density at radius 3 is 1.95 bits per heavy atom. The van der Waals surface area contributed by atoms with Crippen molar-refractivity contribution in [1.29, 1.82) is 0 Å². The zero-order chi connectivity index (χ0) is 15.9. The molecule has 0 aliphatic carbocycles. The summed E-state index contributed by atoms with van der Waals surface area (Å²) in [5.41, 5.74) is 0. The number of nitrogens with one attached hydrogen (secondary N) is 1. The lowest BCUT2D eigenvalue weighted by Crippen LogP contribution is -2.22. The number of carbonyl (C=O) groups is 2. The first-order chi connectivity index (χ1) is 10.1. The van der Waals surface area contributed by atoms with Gasteiger partial charge < -0.3 is 10.4 Å². The maximum absolute atomic E-state index is 11.2. The van der Waals surface area contributed by atoms with Crippen molar-refractivity contribution in [1.82, 2.24) is 5.32 Å². The average Bonchev–Trinajstić information content (AvgIpc) is 2.43. The molecule has 0 aromatic heterocycles. The van der Waals surface area contributed by atoms with E-state index < -0.39 is 5.97 Å². The van der Waals surface area contributed by atoms with Gasteiger partial charge in [-0.1, -0.05) is 58.3 Å². The summed E-state index contributed by atoms with van der Waals surface area (Å²) in [7, 11) is 0. The molecule has 1 amide bonds. The zero-order valence-corrected chi connectivity index (χ0v) is 13.8. The van der Waals surface area contributed by atoms with Gasteiger partial charge in [0, 0.05) is 13.5 Å². The van der Waals surface area contributed by atoms with Crippen LogP contribution in [0.25, 0.3) is 0 Å². The van der Waals surface area contributed by atoms with Gasteiger partial charge in [0.1, 0.15) is 0 Å². The second kappa shape index (κ2) is 13.9. The van der Waals surface area contributed by atoms with Crippen LogP contribution in [0.4, 0.5) is 0 Å². The number of amides is 1. The van der Waals surface area contributed by atoms with Gasteiger partial charge in [0.2, 0.25) is 5.91 Å². The lowest BCUT2D eigenvalue weighted by atomic mass is 9.95. The molecule has 1 atom stereocenters. The molecule has 0 fully saturated rings. The van der Waals surface area contributed by atoms with E-state index in [1.807, 2.05) is 0 Å². The van der Waals surface area contributed by atoms with Crippen molar-refractivity contribution in [3.63, 3.8) is 0 Å². The highest BCUT2D eigenvalue weighted by atomic mass is 16.4. The quantitative estimate of drug-likeness (QED) is 0.474. The number of rotatable bonds is 14. The Balaban J connectivity index is 3.56. The molecule has 0 heterocycles. The molecule has 124 valence electrons. The molecule has 0 bridgehead atoms.